The molecule has 6 heteroatoms. The van der Waals surface area contributed by atoms with E-state index >= 15 is 0 Å². The lowest BCUT2D eigenvalue weighted by Crippen LogP contribution is -2.38. The van der Waals surface area contributed by atoms with E-state index in [1.54, 1.807) is 4.90 Å². The topological polar surface area (TPSA) is 49.4 Å². The molecule has 0 spiro atoms. The molecule has 4 nitrogen and oxygen atoms in total. The van der Waals surface area contributed by atoms with E-state index in [0.717, 1.165) is 16.8 Å². The summed E-state index contributed by atoms with van der Waals surface area (Å²) in [5, 5.41) is 2.66. The Hall–Kier alpha value is -2.40. The van der Waals surface area contributed by atoms with E-state index in [9.17, 15) is 14.0 Å². The maximum absolute atomic E-state index is 13.8. The zero-order valence-corrected chi connectivity index (χ0v) is 15.2. The fraction of sp³-hybridized carbons (Fsp3) is 0.263. The molecule has 0 aliphatic heterocycles. The number of anilines is 1. The third kappa shape index (κ3) is 4.57. The van der Waals surface area contributed by atoms with Crippen LogP contribution in [0, 0.1) is 19.7 Å². The smallest absolute Gasteiger partial charge is 0.255 e. The molecule has 0 saturated carbocycles. The van der Waals surface area contributed by atoms with Gasteiger partial charge in [0.25, 0.3) is 5.91 Å². The number of nitrogens with one attached hydrogen (secondary N) is 1. The van der Waals surface area contributed by atoms with Gasteiger partial charge in [0.1, 0.15) is 5.82 Å². The zero-order chi connectivity index (χ0) is 18.6. The van der Waals surface area contributed by atoms with Gasteiger partial charge in [0, 0.05) is 25.7 Å². The molecule has 2 amide bonds. The summed E-state index contributed by atoms with van der Waals surface area (Å²) < 4.78 is 13.8. The molecular weight excluding hydrogens is 343 g/mol. The third-order valence-corrected chi connectivity index (χ3v) is 4.16. The lowest BCUT2D eigenvalue weighted by Gasteiger charge is -2.24. The molecule has 0 aliphatic rings. The first-order valence-corrected chi connectivity index (χ1v) is 8.26. The number of nitrogens with zero attached hydrogens (tertiary/aromatic N) is 1. The molecule has 0 radical (unpaired) electrons. The van der Waals surface area contributed by atoms with Crippen LogP contribution in [0.25, 0.3) is 0 Å². The number of rotatable bonds is 5. The van der Waals surface area contributed by atoms with Crippen molar-refractivity contribution in [1.29, 1.82) is 0 Å². The summed E-state index contributed by atoms with van der Waals surface area (Å²) in [6.45, 7) is 5.79. The molecule has 132 valence electrons. The number of hydrogen-bond acceptors (Lipinski definition) is 2. The summed E-state index contributed by atoms with van der Waals surface area (Å²) in [5.41, 5.74) is 2.61. The second kappa shape index (κ2) is 8.12. The van der Waals surface area contributed by atoms with Gasteiger partial charge in [-0.25, -0.2) is 4.39 Å². The molecule has 0 aliphatic carbocycles. The summed E-state index contributed by atoms with van der Waals surface area (Å²) in [4.78, 5) is 25.7. The SMILES string of the molecule is CC(=O)N(CCNC(=O)c1c(F)cccc1Cl)c1cc(C)ccc1C. The minimum absolute atomic E-state index is 0.0513. The van der Waals surface area contributed by atoms with Crippen LogP contribution >= 0.6 is 11.6 Å². The fourth-order valence-electron chi connectivity index (χ4n) is 2.54. The van der Waals surface area contributed by atoms with Gasteiger partial charge in [0.2, 0.25) is 5.91 Å². The highest BCUT2D eigenvalue weighted by atomic mass is 35.5. The highest BCUT2D eigenvalue weighted by Crippen LogP contribution is 2.22. The molecule has 0 bridgehead atoms. The van der Waals surface area contributed by atoms with Crippen molar-refractivity contribution in [1.82, 2.24) is 5.32 Å². The lowest BCUT2D eigenvalue weighted by molar-refractivity contribution is -0.116. The van der Waals surface area contributed by atoms with Crippen LogP contribution < -0.4 is 10.2 Å². The Morgan fingerprint density at radius 3 is 2.56 bits per heavy atom. The van der Waals surface area contributed by atoms with Gasteiger partial charge in [-0.2, -0.15) is 0 Å². The highest BCUT2D eigenvalue weighted by molar-refractivity contribution is 6.33. The quantitative estimate of drug-likeness (QED) is 0.877. The summed E-state index contributed by atoms with van der Waals surface area (Å²) in [6.07, 6.45) is 0. The Balaban J connectivity index is 2.09. The molecule has 2 rings (SSSR count). The minimum atomic E-state index is -0.678. The number of benzene rings is 2. The monoisotopic (exact) mass is 362 g/mol. The third-order valence-electron chi connectivity index (χ3n) is 3.85. The highest BCUT2D eigenvalue weighted by Gasteiger charge is 2.17. The van der Waals surface area contributed by atoms with E-state index in [1.165, 1.54) is 25.1 Å². The van der Waals surface area contributed by atoms with Crippen molar-refractivity contribution in [3.8, 4) is 0 Å². The molecule has 2 aromatic rings. The van der Waals surface area contributed by atoms with Crippen LogP contribution in [-0.4, -0.2) is 24.9 Å². The van der Waals surface area contributed by atoms with Gasteiger partial charge in [-0.3, -0.25) is 9.59 Å². The number of aryl methyl sites for hydroxylation is 2. The fourth-order valence-corrected chi connectivity index (χ4v) is 2.79. The van der Waals surface area contributed by atoms with Crippen molar-refractivity contribution in [2.24, 2.45) is 0 Å². The average molecular weight is 363 g/mol. The largest absolute Gasteiger partial charge is 0.350 e. The van der Waals surface area contributed by atoms with Crippen molar-refractivity contribution >= 4 is 29.1 Å². The van der Waals surface area contributed by atoms with Crippen molar-refractivity contribution in [2.75, 3.05) is 18.0 Å². The predicted molar refractivity (Wildman–Crippen MR) is 97.7 cm³/mol. The Bertz CT molecular complexity index is 788. The molecule has 0 aromatic heterocycles. The average Bonchev–Trinajstić information content (AvgIpc) is 2.53. The molecule has 0 fully saturated rings. The first-order valence-electron chi connectivity index (χ1n) is 7.89. The Morgan fingerprint density at radius 2 is 1.92 bits per heavy atom. The molecule has 0 saturated heterocycles. The van der Waals surface area contributed by atoms with E-state index in [4.69, 9.17) is 11.6 Å². The Morgan fingerprint density at radius 1 is 1.20 bits per heavy atom. The van der Waals surface area contributed by atoms with E-state index in [-0.39, 0.29) is 29.6 Å². The first-order chi connectivity index (χ1) is 11.8. The van der Waals surface area contributed by atoms with Crippen LogP contribution in [0.5, 0.6) is 0 Å². The van der Waals surface area contributed by atoms with Gasteiger partial charge in [-0.05, 0) is 43.2 Å². The lowest BCUT2D eigenvalue weighted by atomic mass is 10.1. The summed E-state index contributed by atoms with van der Waals surface area (Å²) in [5.74, 6) is -1.41. The van der Waals surface area contributed by atoms with Gasteiger partial charge in [-0.1, -0.05) is 29.8 Å². The van der Waals surface area contributed by atoms with Crippen molar-refractivity contribution in [3.63, 3.8) is 0 Å². The van der Waals surface area contributed by atoms with E-state index in [2.05, 4.69) is 5.32 Å². The molecule has 2 aromatic carbocycles. The number of amides is 2. The van der Waals surface area contributed by atoms with E-state index in [0.29, 0.717) is 0 Å². The summed E-state index contributed by atoms with van der Waals surface area (Å²) in [7, 11) is 0. The Labute approximate surface area is 151 Å². The van der Waals surface area contributed by atoms with Gasteiger partial charge in [-0.15, -0.1) is 0 Å². The van der Waals surface area contributed by atoms with Gasteiger partial charge >= 0.3 is 0 Å². The maximum atomic E-state index is 13.8. The number of hydrogen-bond donors (Lipinski definition) is 1. The predicted octanol–water partition coefficient (Wildman–Crippen LogP) is 3.88. The van der Waals surface area contributed by atoms with E-state index < -0.39 is 11.7 Å². The molecule has 0 unspecified atom stereocenters. The van der Waals surface area contributed by atoms with E-state index in [1.807, 2.05) is 32.0 Å². The van der Waals surface area contributed by atoms with Crippen molar-refractivity contribution in [2.45, 2.75) is 20.8 Å². The summed E-state index contributed by atoms with van der Waals surface area (Å²) in [6, 6.07) is 9.91. The summed E-state index contributed by atoms with van der Waals surface area (Å²) >= 11 is 5.89. The second-order valence-corrected chi connectivity index (χ2v) is 6.22. The molecule has 0 heterocycles. The van der Waals surface area contributed by atoms with Crippen molar-refractivity contribution in [3.05, 3.63) is 63.9 Å². The normalized spacial score (nSPS) is 10.4. The van der Waals surface area contributed by atoms with Crippen LogP contribution in [0.3, 0.4) is 0 Å². The van der Waals surface area contributed by atoms with Crippen molar-refractivity contribution < 1.29 is 14.0 Å². The van der Waals surface area contributed by atoms with Crippen LogP contribution in [0.2, 0.25) is 5.02 Å². The standard InChI is InChI=1S/C19H20ClFN2O2/c1-12-7-8-13(2)17(11-12)23(14(3)24)10-9-22-19(25)18-15(20)5-4-6-16(18)21/h4-8,11H,9-10H2,1-3H3,(H,22,25). The first kappa shape index (κ1) is 18.9. The van der Waals surface area contributed by atoms with Crippen LogP contribution in [0.4, 0.5) is 10.1 Å². The zero-order valence-electron chi connectivity index (χ0n) is 14.4. The second-order valence-electron chi connectivity index (χ2n) is 5.81. The Kier molecular flexibility index (Phi) is 6.15. The van der Waals surface area contributed by atoms with Gasteiger partial charge in [0.15, 0.2) is 0 Å². The maximum Gasteiger partial charge on any atom is 0.255 e. The van der Waals surface area contributed by atoms with Crippen LogP contribution in [-0.2, 0) is 4.79 Å². The molecular formula is C19H20ClFN2O2. The molecule has 25 heavy (non-hydrogen) atoms. The van der Waals surface area contributed by atoms with Gasteiger partial charge < -0.3 is 10.2 Å². The number of halogens is 2. The van der Waals surface area contributed by atoms with Crippen LogP contribution in [0.1, 0.15) is 28.4 Å². The minimum Gasteiger partial charge on any atom is -0.350 e. The number of carbonyl (C=O) groups excluding carboxylic acids is 2. The molecule has 1 N–H and O–H groups in total. The van der Waals surface area contributed by atoms with Gasteiger partial charge in [0.05, 0.1) is 10.6 Å². The van der Waals surface area contributed by atoms with Crippen LogP contribution in [0.15, 0.2) is 36.4 Å². The molecule has 0 atom stereocenters. The number of carbonyl (C=O) groups is 2.